The number of phenolic OH excluding ortho intramolecular Hbond substituents is 1. The van der Waals surface area contributed by atoms with Crippen LogP contribution in [0, 0.1) is 22.7 Å². The summed E-state index contributed by atoms with van der Waals surface area (Å²) in [5.74, 6) is 2.42. The van der Waals surface area contributed by atoms with Gasteiger partial charge in [0.25, 0.3) is 0 Å². The van der Waals surface area contributed by atoms with Gasteiger partial charge in [0.05, 0.1) is 5.41 Å². The van der Waals surface area contributed by atoms with Crippen LogP contribution in [0.1, 0.15) is 95.6 Å². The molecule has 0 amide bonds. The maximum atomic E-state index is 13.2. The summed E-state index contributed by atoms with van der Waals surface area (Å²) in [6.07, 6.45) is 10.7. The van der Waals surface area contributed by atoms with E-state index < -0.39 is 0 Å². The SMILES string of the molecule is CCC1(CC)CC[C@@]2(CC[C@H]3[C@@H]4CCc5cc(O)ccc5[C@H]4CC[C@@]32C)OC1=O. The summed E-state index contributed by atoms with van der Waals surface area (Å²) in [7, 11) is 0. The highest BCUT2D eigenvalue weighted by atomic mass is 16.6. The van der Waals surface area contributed by atoms with Gasteiger partial charge in [0.15, 0.2) is 0 Å². The molecule has 3 fully saturated rings. The highest BCUT2D eigenvalue weighted by Gasteiger charge is 2.66. The van der Waals surface area contributed by atoms with E-state index >= 15 is 0 Å². The zero-order chi connectivity index (χ0) is 20.4. The van der Waals surface area contributed by atoms with Crippen molar-refractivity contribution in [2.45, 2.75) is 96.5 Å². The molecule has 3 nitrogen and oxygen atoms in total. The quantitative estimate of drug-likeness (QED) is 0.612. The number of hydrogen-bond acceptors (Lipinski definition) is 3. The summed E-state index contributed by atoms with van der Waals surface area (Å²) in [4.78, 5) is 13.2. The van der Waals surface area contributed by atoms with Gasteiger partial charge in [0, 0.05) is 5.41 Å². The molecule has 1 spiro atoms. The lowest BCUT2D eigenvalue weighted by atomic mass is 9.52. The maximum Gasteiger partial charge on any atom is 0.312 e. The molecule has 3 heteroatoms. The Balaban J connectivity index is 1.44. The minimum absolute atomic E-state index is 0.0854. The molecule has 0 aromatic heterocycles. The van der Waals surface area contributed by atoms with Crippen molar-refractivity contribution in [2.24, 2.45) is 22.7 Å². The standard InChI is InChI=1S/C26H36O3/c1-4-25(5-2)14-15-26(29-23(25)28)13-11-22-21-8-6-17-16-18(27)7-9-19(17)20(21)10-12-24(22,26)3/h7,9,16,20-22,27H,4-6,8,10-15H2,1-3H3/t20-,21-,22+,24+,26-/m1/s1. The molecular weight excluding hydrogens is 360 g/mol. The van der Waals surface area contributed by atoms with Gasteiger partial charge in [-0.3, -0.25) is 4.79 Å². The first kappa shape index (κ1) is 19.5. The zero-order valence-corrected chi connectivity index (χ0v) is 18.3. The van der Waals surface area contributed by atoms with Crippen molar-refractivity contribution < 1.29 is 14.6 Å². The summed E-state index contributed by atoms with van der Waals surface area (Å²) in [6.45, 7) is 6.74. The van der Waals surface area contributed by atoms with Crippen molar-refractivity contribution in [3.63, 3.8) is 0 Å². The van der Waals surface area contributed by atoms with Gasteiger partial charge >= 0.3 is 5.97 Å². The molecular formula is C26H36O3. The van der Waals surface area contributed by atoms with E-state index in [1.54, 1.807) is 0 Å². The van der Waals surface area contributed by atoms with Crippen LogP contribution in [0.25, 0.3) is 0 Å². The van der Waals surface area contributed by atoms with Gasteiger partial charge in [-0.05, 0) is 105 Å². The molecule has 1 aromatic carbocycles. The lowest BCUT2D eigenvalue weighted by Gasteiger charge is -2.56. The summed E-state index contributed by atoms with van der Waals surface area (Å²) in [6, 6.07) is 6.02. The second kappa shape index (κ2) is 6.49. The molecule has 2 saturated carbocycles. The number of carbonyl (C=O) groups is 1. The van der Waals surface area contributed by atoms with Crippen LogP contribution in [0.15, 0.2) is 18.2 Å². The molecule has 1 N–H and O–H groups in total. The number of rotatable bonds is 2. The second-order valence-corrected chi connectivity index (χ2v) is 10.7. The van der Waals surface area contributed by atoms with E-state index in [0.29, 0.717) is 23.5 Å². The molecule has 4 aliphatic rings. The van der Waals surface area contributed by atoms with Gasteiger partial charge in [-0.2, -0.15) is 0 Å². The topological polar surface area (TPSA) is 46.5 Å². The number of carbonyl (C=O) groups excluding carboxylic acids is 1. The van der Waals surface area contributed by atoms with Crippen LogP contribution in [-0.2, 0) is 16.0 Å². The van der Waals surface area contributed by atoms with Gasteiger partial charge in [-0.25, -0.2) is 0 Å². The van der Waals surface area contributed by atoms with Crippen LogP contribution in [-0.4, -0.2) is 16.7 Å². The number of aromatic hydroxyl groups is 1. The average Bonchev–Trinajstić information content (AvgIpc) is 3.00. The fourth-order valence-electron chi connectivity index (χ4n) is 8.01. The summed E-state index contributed by atoms with van der Waals surface area (Å²) >= 11 is 0. The molecule has 5 atom stereocenters. The number of fused-ring (bicyclic) bond motifs is 6. The van der Waals surface area contributed by atoms with Crippen LogP contribution >= 0.6 is 0 Å². The number of phenols is 1. The Bertz CT molecular complexity index is 825. The van der Waals surface area contributed by atoms with Crippen molar-refractivity contribution >= 4 is 5.97 Å². The molecule has 0 radical (unpaired) electrons. The van der Waals surface area contributed by atoms with Crippen LogP contribution in [0.5, 0.6) is 5.75 Å². The number of hydrogen-bond donors (Lipinski definition) is 1. The van der Waals surface area contributed by atoms with Crippen molar-refractivity contribution in [3.05, 3.63) is 29.3 Å². The molecule has 1 saturated heterocycles. The van der Waals surface area contributed by atoms with Crippen molar-refractivity contribution in [1.29, 1.82) is 0 Å². The fourth-order valence-corrected chi connectivity index (χ4v) is 8.01. The molecule has 29 heavy (non-hydrogen) atoms. The molecule has 0 bridgehead atoms. The lowest BCUT2D eigenvalue weighted by molar-refractivity contribution is -0.209. The third kappa shape index (κ3) is 2.51. The van der Waals surface area contributed by atoms with Crippen LogP contribution in [0.2, 0.25) is 0 Å². The third-order valence-corrected chi connectivity index (χ3v) is 10.1. The van der Waals surface area contributed by atoms with Crippen molar-refractivity contribution in [1.82, 2.24) is 0 Å². The zero-order valence-electron chi connectivity index (χ0n) is 18.3. The van der Waals surface area contributed by atoms with Crippen LogP contribution in [0.3, 0.4) is 0 Å². The molecule has 3 aliphatic carbocycles. The smallest absolute Gasteiger partial charge is 0.312 e. The lowest BCUT2D eigenvalue weighted by Crippen LogP contribution is -2.57. The summed E-state index contributed by atoms with van der Waals surface area (Å²) in [5, 5.41) is 9.90. The van der Waals surface area contributed by atoms with Crippen LogP contribution < -0.4 is 0 Å². The molecule has 5 rings (SSSR count). The second-order valence-electron chi connectivity index (χ2n) is 10.7. The van der Waals surface area contributed by atoms with E-state index in [0.717, 1.165) is 44.9 Å². The van der Waals surface area contributed by atoms with E-state index in [-0.39, 0.29) is 22.4 Å². The Kier molecular flexibility index (Phi) is 4.35. The Morgan fingerprint density at radius 2 is 1.86 bits per heavy atom. The average molecular weight is 397 g/mol. The van der Waals surface area contributed by atoms with E-state index in [4.69, 9.17) is 4.74 Å². The van der Waals surface area contributed by atoms with Crippen molar-refractivity contribution in [2.75, 3.05) is 0 Å². The van der Waals surface area contributed by atoms with Gasteiger partial charge in [0.1, 0.15) is 11.4 Å². The normalized spacial score (nSPS) is 40.1. The Morgan fingerprint density at radius 3 is 2.59 bits per heavy atom. The molecule has 158 valence electrons. The maximum absolute atomic E-state index is 13.2. The highest BCUT2D eigenvalue weighted by molar-refractivity contribution is 5.78. The Morgan fingerprint density at radius 1 is 1.07 bits per heavy atom. The first-order chi connectivity index (χ1) is 13.9. The minimum atomic E-state index is -0.247. The van der Waals surface area contributed by atoms with Crippen LogP contribution in [0.4, 0.5) is 0 Å². The largest absolute Gasteiger partial charge is 0.508 e. The molecule has 1 aromatic rings. The minimum Gasteiger partial charge on any atom is -0.508 e. The van der Waals surface area contributed by atoms with Gasteiger partial charge < -0.3 is 9.84 Å². The first-order valence-electron chi connectivity index (χ1n) is 11.9. The van der Waals surface area contributed by atoms with Gasteiger partial charge in [-0.1, -0.05) is 26.8 Å². The Labute approximate surface area is 175 Å². The number of benzene rings is 1. The van der Waals surface area contributed by atoms with E-state index in [9.17, 15) is 9.90 Å². The molecule has 1 aliphatic heterocycles. The van der Waals surface area contributed by atoms with E-state index in [2.05, 4.69) is 26.8 Å². The summed E-state index contributed by atoms with van der Waals surface area (Å²) < 4.78 is 6.50. The number of ether oxygens (including phenoxy) is 1. The van der Waals surface area contributed by atoms with E-state index in [1.165, 1.54) is 30.4 Å². The van der Waals surface area contributed by atoms with Gasteiger partial charge in [-0.15, -0.1) is 0 Å². The monoisotopic (exact) mass is 396 g/mol. The predicted octanol–water partition coefficient (Wildman–Crippen LogP) is 6.13. The van der Waals surface area contributed by atoms with Crippen molar-refractivity contribution in [3.8, 4) is 5.75 Å². The highest BCUT2D eigenvalue weighted by Crippen LogP contribution is 2.68. The number of aryl methyl sites for hydroxylation is 1. The number of esters is 1. The van der Waals surface area contributed by atoms with Gasteiger partial charge in [0.2, 0.25) is 0 Å². The first-order valence-corrected chi connectivity index (χ1v) is 11.9. The predicted molar refractivity (Wildman–Crippen MR) is 114 cm³/mol. The molecule has 1 heterocycles. The fraction of sp³-hybridized carbons (Fsp3) is 0.731. The van der Waals surface area contributed by atoms with E-state index in [1.807, 2.05) is 12.1 Å². The summed E-state index contributed by atoms with van der Waals surface area (Å²) in [5.41, 5.74) is 2.46. The Hall–Kier alpha value is -1.51. The third-order valence-electron chi connectivity index (χ3n) is 10.1. The molecule has 0 unspecified atom stereocenters.